The van der Waals surface area contributed by atoms with Crippen LogP contribution in [0, 0.1) is 6.92 Å². The minimum absolute atomic E-state index is 0.0330. The molecule has 0 unspecified atom stereocenters. The lowest BCUT2D eigenvalue weighted by Crippen LogP contribution is -2.31. The van der Waals surface area contributed by atoms with Gasteiger partial charge in [-0.15, -0.1) is 13.2 Å². The summed E-state index contributed by atoms with van der Waals surface area (Å²) in [6, 6.07) is 9.05. The van der Waals surface area contributed by atoms with E-state index in [2.05, 4.69) is 18.2 Å². The number of aryl methyl sites for hydroxylation is 1. The fourth-order valence-corrected chi connectivity index (χ4v) is 5.99. The second-order valence-corrected chi connectivity index (χ2v) is 10.8. The molecular weight excluding hydrogens is 510 g/mol. The van der Waals surface area contributed by atoms with Crippen molar-refractivity contribution in [3.05, 3.63) is 82.7 Å². The molecule has 0 atom stereocenters. The summed E-state index contributed by atoms with van der Waals surface area (Å²) in [4.78, 5) is 29.5. The molecule has 35 heavy (non-hydrogen) atoms. The third-order valence-corrected chi connectivity index (χ3v) is 8.45. The molecule has 0 radical (unpaired) electrons. The number of fused-ring (bicyclic) bond motifs is 1. The summed E-state index contributed by atoms with van der Waals surface area (Å²) in [5.41, 5.74) is 1.63. The summed E-state index contributed by atoms with van der Waals surface area (Å²) >= 11 is 7.50. The van der Waals surface area contributed by atoms with Crippen LogP contribution >= 0.6 is 22.9 Å². The van der Waals surface area contributed by atoms with E-state index >= 15 is 0 Å². The number of thiazole rings is 1. The second-order valence-electron chi connectivity index (χ2n) is 7.41. The average Bonchev–Trinajstić information content (AvgIpc) is 3.18. The molecule has 0 bridgehead atoms. The van der Waals surface area contributed by atoms with E-state index in [4.69, 9.17) is 16.3 Å². The monoisotopic (exact) mass is 533 g/mol. The van der Waals surface area contributed by atoms with Crippen molar-refractivity contribution < 1.29 is 22.7 Å². The molecule has 3 rings (SSSR count). The zero-order chi connectivity index (χ0) is 25.8. The summed E-state index contributed by atoms with van der Waals surface area (Å²) in [7, 11) is -2.52. The van der Waals surface area contributed by atoms with Gasteiger partial charge in [0, 0.05) is 23.7 Å². The molecule has 0 fully saturated rings. The molecule has 11 heteroatoms. The predicted octanol–water partition coefficient (Wildman–Crippen LogP) is 3.94. The van der Waals surface area contributed by atoms with E-state index in [9.17, 15) is 18.0 Å². The molecule has 1 heterocycles. The average molecular weight is 534 g/mol. The van der Waals surface area contributed by atoms with Crippen LogP contribution in [0.25, 0.3) is 10.2 Å². The van der Waals surface area contributed by atoms with Gasteiger partial charge in [-0.25, -0.2) is 8.42 Å². The van der Waals surface area contributed by atoms with Crippen molar-refractivity contribution in [1.82, 2.24) is 8.87 Å². The summed E-state index contributed by atoms with van der Waals surface area (Å²) in [6.07, 6.45) is 2.97. The van der Waals surface area contributed by atoms with Gasteiger partial charge in [0.1, 0.15) is 6.54 Å². The van der Waals surface area contributed by atoms with Crippen molar-refractivity contribution in [3.8, 4) is 0 Å². The lowest BCUT2D eigenvalue weighted by molar-refractivity contribution is -0.141. The van der Waals surface area contributed by atoms with Gasteiger partial charge in [-0.05, 0) is 48.9 Å². The van der Waals surface area contributed by atoms with Crippen molar-refractivity contribution in [2.24, 2.45) is 4.99 Å². The van der Waals surface area contributed by atoms with E-state index < -0.39 is 21.9 Å². The number of hydrogen-bond donors (Lipinski definition) is 0. The van der Waals surface area contributed by atoms with Gasteiger partial charge in [-0.1, -0.05) is 35.1 Å². The Hall–Kier alpha value is -3.05. The number of nitrogens with zero attached hydrogens (tertiary/aromatic N) is 3. The van der Waals surface area contributed by atoms with Crippen molar-refractivity contribution in [1.29, 1.82) is 0 Å². The first-order valence-electron chi connectivity index (χ1n) is 10.4. The number of hydrogen-bond acceptors (Lipinski definition) is 6. The molecule has 0 aliphatic rings. The highest BCUT2D eigenvalue weighted by molar-refractivity contribution is 7.89. The van der Waals surface area contributed by atoms with Gasteiger partial charge in [0.2, 0.25) is 10.0 Å². The van der Waals surface area contributed by atoms with Gasteiger partial charge in [-0.3, -0.25) is 9.59 Å². The second kappa shape index (κ2) is 11.1. The van der Waals surface area contributed by atoms with E-state index in [-0.39, 0.29) is 30.1 Å². The third-order valence-electron chi connectivity index (χ3n) is 5.15. The first kappa shape index (κ1) is 26.6. The molecule has 0 saturated carbocycles. The lowest BCUT2D eigenvalue weighted by atomic mass is 10.2. The molecule has 8 nitrogen and oxygen atoms in total. The summed E-state index contributed by atoms with van der Waals surface area (Å²) in [5.74, 6) is -1.09. The van der Waals surface area contributed by atoms with E-state index in [0.29, 0.717) is 15.3 Å². The number of benzene rings is 2. The number of esters is 1. The van der Waals surface area contributed by atoms with Crippen molar-refractivity contribution >= 4 is 55.1 Å². The molecule has 184 valence electrons. The number of ether oxygens (including phenoxy) is 1. The van der Waals surface area contributed by atoms with Gasteiger partial charge >= 0.3 is 5.97 Å². The topological polar surface area (TPSA) is 98.0 Å². The van der Waals surface area contributed by atoms with Crippen LogP contribution in [-0.2, 0) is 26.1 Å². The van der Waals surface area contributed by atoms with Crippen molar-refractivity contribution in [2.45, 2.75) is 18.4 Å². The van der Waals surface area contributed by atoms with Crippen LogP contribution in [-0.4, -0.2) is 49.4 Å². The Kier molecular flexibility index (Phi) is 8.44. The first-order valence-corrected chi connectivity index (χ1v) is 13.0. The minimum atomic E-state index is -3.79. The Labute approximate surface area is 212 Å². The molecular formula is C24H24ClN3O5S2. The maximum atomic E-state index is 12.9. The van der Waals surface area contributed by atoms with Crippen LogP contribution in [0.15, 0.2) is 71.6 Å². The number of amides is 1. The van der Waals surface area contributed by atoms with E-state index in [1.165, 1.54) is 59.2 Å². The van der Waals surface area contributed by atoms with Crippen LogP contribution in [0.1, 0.15) is 15.9 Å². The first-order chi connectivity index (χ1) is 16.6. The zero-order valence-electron chi connectivity index (χ0n) is 19.2. The summed E-state index contributed by atoms with van der Waals surface area (Å²) < 4.78 is 34.2. The van der Waals surface area contributed by atoms with E-state index in [1.54, 1.807) is 16.7 Å². The molecule has 0 aliphatic carbocycles. The molecule has 0 N–H and O–H groups in total. The molecule has 0 spiro atoms. The number of sulfonamides is 1. The molecule has 1 aromatic heterocycles. The fourth-order valence-electron chi connectivity index (χ4n) is 3.37. The maximum Gasteiger partial charge on any atom is 0.325 e. The lowest BCUT2D eigenvalue weighted by Gasteiger charge is -2.19. The number of methoxy groups -OCH3 is 1. The number of carbonyl (C=O) groups is 2. The van der Waals surface area contributed by atoms with Crippen LogP contribution < -0.4 is 4.80 Å². The molecule has 0 aliphatic heterocycles. The number of aromatic nitrogens is 1. The maximum absolute atomic E-state index is 12.9. The summed E-state index contributed by atoms with van der Waals surface area (Å²) in [6.45, 7) is 9.10. The Morgan fingerprint density at radius 3 is 2.34 bits per heavy atom. The molecule has 1 amide bonds. The van der Waals surface area contributed by atoms with E-state index in [1.807, 2.05) is 6.92 Å². The largest absolute Gasteiger partial charge is 0.468 e. The fraction of sp³-hybridized carbons (Fsp3) is 0.208. The molecule has 2 aromatic carbocycles. The highest BCUT2D eigenvalue weighted by Crippen LogP contribution is 2.27. The van der Waals surface area contributed by atoms with Crippen LogP contribution in [0.5, 0.6) is 0 Å². The Morgan fingerprint density at radius 1 is 1.14 bits per heavy atom. The molecule has 0 saturated heterocycles. The van der Waals surface area contributed by atoms with Crippen LogP contribution in [0.3, 0.4) is 0 Å². The quantitative estimate of drug-likeness (QED) is 0.306. The van der Waals surface area contributed by atoms with Gasteiger partial charge in [0.05, 0.1) is 22.2 Å². The molecule has 3 aromatic rings. The predicted molar refractivity (Wildman–Crippen MR) is 137 cm³/mol. The van der Waals surface area contributed by atoms with Crippen molar-refractivity contribution in [3.63, 3.8) is 0 Å². The number of carbonyl (C=O) groups excluding carboxylic acids is 2. The van der Waals surface area contributed by atoms with E-state index in [0.717, 1.165) is 10.3 Å². The Bertz CT molecular complexity index is 1460. The van der Waals surface area contributed by atoms with Crippen LogP contribution in [0.2, 0.25) is 5.02 Å². The summed E-state index contributed by atoms with van der Waals surface area (Å²) in [5, 5.41) is 0.519. The highest BCUT2D eigenvalue weighted by Gasteiger charge is 2.23. The van der Waals surface area contributed by atoms with Crippen LogP contribution in [0.4, 0.5) is 0 Å². The standard InChI is InChI=1S/C24H24ClN3O5S2/c1-5-13-27(14-6-2)35(31,32)18-9-7-17(8-10-18)23(30)26-24-28(15-21(29)33-4)22-16(3)19(25)11-12-20(22)34-24/h5-12H,1-2,13-15H2,3-4H3. The Balaban J connectivity index is 2.03. The highest BCUT2D eigenvalue weighted by atomic mass is 35.5. The third kappa shape index (κ3) is 5.62. The Morgan fingerprint density at radius 2 is 1.77 bits per heavy atom. The normalized spacial score (nSPS) is 12.2. The smallest absolute Gasteiger partial charge is 0.325 e. The van der Waals surface area contributed by atoms with Crippen molar-refractivity contribution in [2.75, 3.05) is 20.2 Å². The van der Waals surface area contributed by atoms with Gasteiger partial charge in [0.25, 0.3) is 5.91 Å². The van der Waals surface area contributed by atoms with Gasteiger partial charge < -0.3 is 9.30 Å². The number of halogens is 1. The SMILES string of the molecule is C=CCN(CC=C)S(=O)(=O)c1ccc(C(=O)N=c2sc3ccc(Cl)c(C)c3n2CC(=O)OC)cc1. The minimum Gasteiger partial charge on any atom is -0.468 e. The van der Waals surface area contributed by atoms with Gasteiger partial charge in [0.15, 0.2) is 4.80 Å². The number of rotatable bonds is 9. The zero-order valence-corrected chi connectivity index (χ0v) is 21.6. The van der Waals surface area contributed by atoms with Gasteiger partial charge in [-0.2, -0.15) is 9.30 Å².